The van der Waals surface area contributed by atoms with E-state index >= 15 is 0 Å². The first-order valence-corrected chi connectivity index (χ1v) is 8.89. The molecule has 0 unspecified atom stereocenters. The number of aliphatic carboxylic acids is 1. The molecule has 0 spiro atoms. The number of carboxylic acid groups (broad SMARTS) is 1. The van der Waals surface area contributed by atoms with Gasteiger partial charge < -0.3 is 19.6 Å². The Kier molecular flexibility index (Phi) is 5.03. The third kappa shape index (κ3) is 3.21. The largest absolute Gasteiger partial charge is 0.495 e. The third-order valence-electron chi connectivity index (χ3n) is 5.38. The average molecular weight is 382 g/mol. The van der Waals surface area contributed by atoms with Crippen LogP contribution >= 0.6 is 11.6 Å². The zero-order valence-corrected chi connectivity index (χ0v) is 16.0. The van der Waals surface area contributed by atoms with E-state index in [0.717, 1.165) is 5.56 Å². The van der Waals surface area contributed by atoms with Crippen LogP contribution in [-0.4, -0.2) is 79.2 Å². The van der Waals surface area contributed by atoms with Crippen molar-refractivity contribution in [3.05, 3.63) is 28.8 Å². The monoisotopic (exact) mass is 381 g/mol. The third-order valence-corrected chi connectivity index (χ3v) is 5.68. The molecule has 3 rings (SSSR count). The second kappa shape index (κ2) is 6.96. The summed E-state index contributed by atoms with van der Waals surface area (Å²) in [5.41, 5.74) is 0.111. The van der Waals surface area contributed by atoms with Crippen molar-refractivity contribution in [2.24, 2.45) is 11.3 Å². The number of hydrogen-bond donors (Lipinski definition) is 1. The van der Waals surface area contributed by atoms with E-state index in [2.05, 4.69) is 4.90 Å². The molecular formula is C18H24ClN3O4. The molecule has 2 fully saturated rings. The number of carbonyl (C=O) groups excluding carboxylic acids is 1. The van der Waals surface area contributed by atoms with Gasteiger partial charge in [-0.3, -0.25) is 9.69 Å². The van der Waals surface area contributed by atoms with Crippen LogP contribution in [0.25, 0.3) is 0 Å². The lowest BCUT2D eigenvalue weighted by Crippen LogP contribution is -2.44. The number of amides is 2. The molecule has 1 aromatic carbocycles. The van der Waals surface area contributed by atoms with E-state index in [4.69, 9.17) is 16.3 Å². The highest BCUT2D eigenvalue weighted by molar-refractivity contribution is 6.32. The number of rotatable bonds is 4. The van der Waals surface area contributed by atoms with Gasteiger partial charge in [0.25, 0.3) is 0 Å². The molecular weight excluding hydrogens is 358 g/mol. The first-order chi connectivity index (χ1) is 12.3. The fourth-order valence-electron chi connectivity index (χ4n) is 4.09. The first-order valence-electron chi connectivity index (χ1n) is 8.51. The predicted molar refractivity (Wildman–Crippen MR) is 97.5 cm³/mol. The molecule has 2 amide bonds. The van der Waals surface area contributed by atoms with Crippen molar-refractivity contribution in [3.63, 3.8) is 0 Å². The fraction of sp³-hybridized carbons (Fsp3) is 0.556. The second-order valence-corrected chi connectivity index (χ2v) is 7.76. The Morgan fingerprint density at radius 1 is 1.35 bits per heavy atom. The maximum atomic E-state index is 12.2. The summed E-state index contributed by atoms with van der Waals surface area (Å²) in [7, 11) is 4.94. The molecule has 7 nitrogen and oxygen atoms in total. The van der Waals surface area contributed by atoms with Crippen molar-refractivity contribution in [1.82, 2.24) is 14.7 Å². The highest BCUT2D eigenvalue weighted by atomic mass is 35.5. The van der Waals surface area contributed by atoms with Gasteiger partial charge in [-0.05, 0) is 17.7 Å². The van der Waals surface area contributed by atoms with Gasteiger partial charge in [0.05, 0.1) is 12.1 Å². The summed E-state index contributed by atoms with van der Waals surface area (Å²) >= 11 is 6.19. The number of carboxylic acids is 1. The average Bonchev–Trinajstić information content (AvgIpc) is 3.09. The van der Waals surface area contributed by atoms with Gasteiger partial charge >= 0.3 is 12.0 Å². The topological polar surface area (TPSA) is 73.3 Å². The Hall–Kier alpha value is -1.99. The number of halogens is 1. The van der Waals surface area contributed by atoms with E-state index in [1.807, 2.05) is 18.2 Å². The summed E-state index contributed by atoms with van der Waals surface area (Å²) in [5.74, 6) is -0.280. The Morgan fingerprint density at radius 2 is 2.08 bits per heavy atom. The quantitative estimate of drug-likeness (QED) is 0.861. The number of benzene rings is 1. The minimum Gasteiger partial charge on any atom is -0.495 e. The fourth-order valence-corrected chi connectivity index (χ4v) is 4.37. The van der Waals surface area contributed by atoms with Gasteiger partial charge in [-0.2, -0.15) is 0 Å². The maximum absolute atomic E-state index is 12.2. The number of likely N-dealkylation sites (tertiary alicyclic amines) is 2. The van der Waals surface area contributed by atoms with Crippen molar-refractivity contribution < 1.29 is 19.4 Å². The van der Waals surface area contributed by atoms with Crippen LogP contribution in [0.4, 0.5) is 4.79 Å². The Labute approximate surface area is 158 Å². The molecule has 2 atom stereocenters. The summed E-state index contributed by atoms with van der Waals surface area (Å²) in [5, 5.41) is 10.4. The van der Waals surface area contributed by atoms with Gasteiger partial charge in [0.15, 0.2) is 0 Å². The molecule has 2 aliphatic heterocycles. The number of hydrogen-bond acceptors (Lipinski definition) is 4. The highest BCUT2D eigenvalue weighted by Crippen LogP contribution is 2.43. The summed E-state index contributed by atoms with van der Waals surface area (Å²) in [6, 6.07) is 5.48. The molecule has 1 N–H and O–H groups in total. The van der Waals surface area contributed by atoms with Gasteiger partial charge in [-0.15, -0.1) is 0 Å². The van der Waals surface area contributed by atoms with Gasteiger partial charge in [-0.25, -0.2) is 4.79 Å². The van der Waals surface area contributed by atoms with Crippen LogP contribution in [0.3, 0.4) is 0 Å². The number of methoxy groups -OCH3 is 1. The molecule has 0 bridgehead atoms. The van der Waals surface area contributed by atoms with Crippen LogP contribution in [0.1, 0.15) is 5.56 Å². The van der Waals surface area contributed by atoms with Crippen molar-refractivity contribution >= 4 is 23.6 Å². The molecule has 26 heavy (non-hydrogen) atoms. The molecule has 0 aliphatic carbocycles. The normalized spacial score (nSPS) is 25.2. The first kappa shape index (κ1) is 18.8. The van der Waals surface area contributed by atoms with Crippen LogP contribution in [0, 0.1) is 11.3 Å². The summed E-state index contributed by atoms with van der Waals surface area (Å²) < 4.78 is 5.17. The van der Waals surface area contributed by atoms with Crippen molar-refractivity contribution in [3.8, 4) is 5.75 Å². The number of nitrogens with zero attached hydrogens (tertiary/aromatic N) is 3. The molecule has 0 saturated carbocycles. The van der Waals surface area contributed by atoms with Crippen LogP contribution in [0.5, 0.6) is 5.75 Å². The van der Waals surface area contributed by atoms with E-state index in [1.54, 1.807) is 26.1 Å². The van der Waals surface area contributed by atoms with E-state index in [0.29, 0.717) is 37.0 Å². The van der Waals surface area contributed by atoms with Gasteiger partial charge in [-0.1, -0.05) is 17.7 Å². The van der Waals surface area contributed by atoms with Crippen molar-refractivity contribution in [2.45, 2.75) is 6.54 Å². The maximum Gasteiger partial charge on any atom is 0.319 e. The van der Waals surface area contributed by atoms with Gasteiger partial charge in [0.2, 0.25) is 0 Å². The van der Waals surface area contributed by atoms with E-state index in [9.17, 15) is 14.7 Å². The smallest absolute Gasteiger partial charge is 0.319 e. The lowest BCUT2D eigenvalue weighted by atomic mass is 9.81. The molecule has 1 aromatic rings. The SMILES string of the molecule is COc1ccc(CN2C[C@H]3CN(C(=O)N(C)C)C[C@@]3(C(=O)O)C2)cc1Cl. The van der Waals surface area contributed by atoms with Crippen LogP contribution in [0.2, 0.25) is 5.02 Å². The Bertz CT molecular complexity index is 726. The lowest BCUT2D eigenvalue weighted by Gasteiger charge is -2.27. The minimum absolute atomic E-state index is 0.0716. The zero-order valence-electron chi connectivity index (χ0n) is 15.2. The summed E-state index contributed by atoms with van der Waals surface area (Å²) in [4.78, 5) is 29.6. The number of carbonyl (C=O) groups is 2. The number of ether oxygens (including phenoxy) is 1. The molecule has 2 heterocycles. The van der Waals surface area contributed by atoms with E-state index in [1.165, 1.54) is 4.90 Å². The Balaban J connectivity index is 1.73. The summed E-state index contributed by atoms with van der Waals surface area (Å²) in [6.07, 6.45) is 0. The Morgan fingerprint density at radius 3 is 2.62 bits per heavy atom. The van der Waals surface area contributed by atoms with Crippen LogP contribution in [-0.2, 0) is 11.3 Å². The predicted octanol–water partition coefficient (Wildman–Crippen LogP) is 1.85. The molecule has 2 aliphatic rings. The lowest BCUT2D eigenvalue weighted by molar-refractivity contribution is -0.148. The molecule has 0 aromatic heterocycles. The second-order valence-electron chi connectivity index (χ2n) is 7.35. The molecule has 0 radical (unpaired) electrons. The number of fused-ring (bicyclic) bond motifs is 1. The molecule has 2 saturated heterocycles. The van der Waals surface area contributed by atoms with Crippen molar-refractivity contribution in [1.29, 1.82) is 0 Å². The van der Waals surface area contributed by atoms with Crippen LogP contribution in [0.15, 0.2) is 18.2 Å². The number of urea groups is 1. The van der Waals surface area contributed by atoms with Gasteiger partial charge in [0, 0.05) is 52.7 Å². The zero-order chi connectivity index (χ0) is 19.1. The highest BCUT2D eigenvalue weighted by Gasteiger charge is 2.58. The van der Waals surface area contributed by atoms with Gasteiger partial charge in [0.1, 0.15) is 11.2 Å². The molecule has 8 heteroatoms. The molecule has 142 valence electrons. The van der Waals surface area contributed by atoms with Crippen molar-refractivity contribution in [2.75, 3.05) is 47.4 Å². The standard InChI is InChI=1S/C18H24ClN3O4/c1-20(2)17(25)22-9-13-8-21(10-18(13,11-22)16(23)24)7-12-4-5-15(26-3)14(19)6-12/h4-6,13H,7-11H2,1-3H3,(H,23,24)/t13-,18-/m0/s1. The van der Waals surface area contributed by atoms with E-state index in [-0.39, 0.29) is 18.5 Å². The van der Waals surface area contributed by atoms with E-state index < -0.39 is 11.4 Å². The summed E-state index contributed by atoms with van der Waals surface area (Å²) in [6.45, 7) is 2.42. The van der Waals surface area contributed by atoms with Crippen LogP contribution < -0.4 is 4.74 Å². The minimum atomic E-state index is -0.901.